The molecule has 1 fully saturated rings. The van der Waals surface area contributed by atoms with E-state index in [4.69, 9.17) is 9.47 Å². The second-order valence-corrected chi connectivity index (χ2v) is 5.98. The molecule has 0 unspecified atom stereocenters. The second-order valence-electron chi connectivity index (χ2n) is 5.98. The highest BCUT2D eigenvalue weighted by Gasteiger charge is 2.42. The predicted molar refractivity (Wildman–Crippen MR) is 95.1 cm³/mol. The molecule has 25 heavy (non-hydrogen) atoms. The van der Waals surface area contributed by atoms with Gasteiger partial charge in [0.1, 0.15) is 5.54 Å². The van der Waals surface area contributed by atoms with Gasteiger partial charge >= 0.3 is 0 Å². The van der Waals surface area contributed by atoms with E-state index < -0.39 is 5.54 Å². The minimum atomic E-state index is -0.680. The van der Waals surface area contributed by atoms with Gasteiger partial charge in [-0.1, -0.05) is 0 Å². The number of aromatic nitrogens is 2. The summed E-state index contributed by atoms with van der Waals surface area (Å²) in [6.45, 7) is 3.99. The summed E-state index contributed by atoms with van der Waals surface area (Å²) < 4.78 is 12.7. The normalized spacial score (nSPS) is 16.2. The van der Waals surface area contributed by atoms with Crippen LogP contribution in [0.2, 0.25) is 0 Å². The van der Waals surface area contributed by atoms with Crippen molar-refractivity contribution in [3.63, 3.8) is 0 Å². The number of carbonyl (C=O) groups is 1. The third-order valence-electron chi connectivity index (χ3n) is 4.52. The molecule has 1 aliphatic heterocycles. The van der Waals surface area contributed by atoms with Crippen molar-refractivity contribution in [2.45, 2.75) is 25.3 Å². The van der Waals surface area contributed by atoms with Gasteiger partial charge in [0.2, 0.25) is 0 Å². The van der Waals surface area contributed by atoms with E-state index in [9.17, 15) is 4.79 Å². The Morgan fingerprint density at radius 2 is 2.16 bits per heavy atom. The fourth-order valence-corrected chi connectivity index (χ4v) is 3.19. The van der Waals surface area contributed by atoms with Gasteiger partial charge in [-0.25, -0.2) is 0 Å². The molecule has 0 spiro atoms. The summed E-state index contributed by atoms with van der Waals surface area (Å²) in [5.41, 5.74) is -0.000184. The number of rotatable bonds is 6. The zero-order chi connectivity index (χ0) is 17.7. The molecule has 0 saturated carbocycles. The van der Waals surface area contributed by atoms with E-state index in [0.29, 0.717) is 36.6 Å². The molecule has 2 aromatic rings. The number of piperidine rings is 1. The zero-order valence-corrected chi connectivity index (χ0v) is 14.6. The number of nitrogens with zero attached hydrogens (tertiary/aromatic N) is 2. The summed E-state index contributed by atoms with van der Waals surface area (Å²) >= 11 is 0. The summed E-state index contributed by atoms with van der Waals surface area (Å²) in [7, 11) is 1.60. The predicted octanol–water partition coefficient (Wildman–Crippen LogP) is 2.01. The Morgan fingerprint density at radius 1 is 1.36 bits per heavy atom. The van der Waals surface area contributed by atoms with E-state index in [0.717, 1.165) is 13.1 Å². The first kappa shape index (κ1) is 17.3. The van der Waals surface area contributed by atoms with Gasteiger partial charge in [-0.05, 0) is 51.1 Å². The molecular weight excluding hydrogens is 320 g/mol. The molecule has 7 heteroatoms. The molecule has 2 heterocycles. The van der Waals surface area contributed by atoms with Crippen LogP contribution in [-0.4, -0.2) is 42.5 Å². The van der Waals surface area contributed by atoms with Crippen LogP contribution in [-0.2, 0) is 10.3 Å². The number of hydrogen-bond donors (Lipinski definition) is 2. The first-order valence-corrected chi connectivity index (χ1v) is 8.53. The first-order chi connectivity index (χ1) is 12.2. The topological polar surface area (TPSA) is 77.4 Å². The van der Waals surface area contributed by atoms with Crippen molar-refractivity contribution in [3.8, 4) is 11.5 Å². The number of hydrogen-bond acceptors (Lipinski definition) is 5. The van der Waals surface area contributed by atoms with E-state index in [1.165, 1.54) is 0 Å². The maximum Gasteiger partial charge on any atom is 0.252 e. The van der Waals surface area contributed by atoms with E-state index in [1.54, 1.807) is 30.1 Å². The minimum Gasteiger partial charge on any atom is -0.493 e. The molecule has 1 aromatic carbocycles. The number of amides is 1. The highest BCUT2D eigenvalue weighted by molar-refractivity contribution is 5.97. The zero-order valence-electron chi connectivity index (χ0n) is 14.6. The quantitative estimate of drug-likeness (QED) is 0.838. The summed E-state index contributed by atoms with van der Waals surface area (Å²) in [6.07, 6.45) is 4.94. The van der Waals surface area contributed by atoms with Gasteiger partial charge in [0.05, 0.1) is 13.7 Å². The number of anilines is 1. The SMILES string of the molecule is CCOc1cc(NC(=O)C2(n3cccn3)CCNCC2)ccc1OC. The molecule has 0 radical (unpaired) electrons. The van der Waals surface area contributed by atoms with Crippen LogP contribution in [0.3, 0.4) is 0 Å². The van der Waals surface area contributed by atoms with Crippen molar-refractivity contribution in [1.29, 1.82) is 0 Å². The van der Waals surface area contributed by atoms with E-state index in [1.807, 2.05) is 25.3 Å². The molecule has 7 nitrogen and oxygen atoms in total. The third kappa shape index (κ3) is 3.46. The summed E-state index contributed by atoms with van der Waals surface area (Å²) in [4.78, 5) is 13.1. The number of ether oxygens (including phenoxy) is 2. The molecular formula is C18H24N4O3. The van der Waals surface area contributed by atoms with E-state index in [2.05, 4.69) is 15.7 Å². The molecule has 1 aromatic heterocycles. The summed E-state index contributed by atoms with van der Waals surface area (Å²) in [6, 6.07) is 7.25. The molecule has 1 saturated heterocycles. The molecule has 134 valence electrons. The van der Waals surface area contributed by atoms with Crippen LogP contribution in [0.4, 0.5) is 5.69 Å². The number of carbonyl (C=O) groups excluding carboxylic acids is 1. The van der Waals surface area contributed by atoms with Gasteiger partial charge in [0.15, 0.2) is 11.5 Å². The Hall–Kier alpha value is -2.54. The van der Waals surface area contributed by atoms with Crippen LogP contribution >= 0.6 is 0 Å². The van der Waals surface area contributed by atoms with Crippen LogP contribution in [0.1, 0.15) is 19.8 Å². The van der Waals surface area contributed by atoms with Gasteiger partial charge in [-0.2, -0.15) is 5.10 Å². The van der Waals surface area contributed by atoms with Gasteiger partial charge in [0.25, 0.3) is 5.91 Å². The van der Waals surface area contributed by atoms with Crippen LogP contribution in [0, 0.1) is 0 Å². The lowest BCUT2D eigenvalue weighted by molar-refractivity contribution is -0.126. The van der Waals surface area contributed by atoms with Gasteiger partial charge in [-0.15, -0.1) is 0 Å². The van der Waals surface area contributed by atoms with Crippen LogP contribution in [0.25, 0.3) is 0 Å². The Kier molecular flexibility index (Phi) is 5.23. The highest BCUT2D eigenvalue weighted by atomic mass is 16.5. The highest BCUT2D eigenvalue weighted by Crippen LogP contribution is 2.32. The molecule has 1 amide bonds. The molecule has 0 atom stereocenters. The lowest BCUT2D eigenvalue weighted by Crippen LogP contribution is -2.52. The first-order valence-electron chi connectivity index (χ1n) is 8.53. The van der Waals surface area contributed by atoms with Crippen molar-refractivity contribution in [2.75, 3.05) is 32.1 Å². The van der Waals surface area contributed by atoms with Crippen LogP contribution < -0.4 is 20.1 Å². The maximum absolute atomic E-state index is 13.1. The Balaban J connectivity index is 1.86. The molecule has 0 aliphatic carbocycles. The Bertz CT molecular complexity index is 709. The maximum atomic E-state index is 13.1. The van der Waals surface area contributed by atoms with E-state index >= 15 is 0 Å². The average Bonchev–Trinajstić information content (AvgIpc) is 3.18. The molecule has 0 bridgehead atoms. The Labute approximate surface area is 147 Å². The number of benzene rings is 1. The average molecular weight is 344 g/mol. The lowest BCUT2D eigenvalue weighted by atomic mass is 9.87. The molecule has 1 aliphatic rings. The number of nitrogens with one attached hydrogen (secondary N) is 2. The van der Waals surface area contributed by atoms with Gasteiger partial charge < -0.3 is 20.1 Å². The lowest BCUT2D eigenvalue weighted by Gasteiger charge is -2.36. The largest absolute Gasteiger partial charge is 0.493 e. The van der Waals surface area contributed by atoms with Crippen molar-refractivity contribution in [3.05, 3.63) is 36.7 Å². The van der Waals surface area contributed by atoms with Gasteiger partial charge in [0, 0.05) is 24.1 Å². The monoisotopic (exact) mass is 344 g/mol. The van der Waals surface area contributed by atoms with Crippen molar-refractivity contribution < 1.29 is 14.3 Å². The van der Waals surface area contributed by atoms with Gasteiger partial charge in [-0.3, -0.25) is 9.48 Å². The van der Waals surface area contributed by atoms with Crippen molar-refractivity contribution in [1.82, 2.24) is 15.1 Å². The third-order valence-corrected chi connectivity index (χ3v) is 4.52. The van der Waals surface area contributed by atoms with Crippen LogP contribution in [0.15, 0.2) is 36.7 Å². The van der Waals surface area contributed by atoms with Crippen molar-refractivity contribution >= 4 is 11.6 Å². The van der Waals surface area contributed by atoms with Crippen molar-refractivity contribution in [2.24, 2.45) is 0 Å². The van der Waals surface area contributed by atoms with E-state index in [-0.39, 0.29) is 5.91 Å². The molecule has 3 rings (SSSR count). The summed E-state index contributed by atoms with van der Waals surface area (Å²) in [5, 5.41) is 10.7. The fourth-order valence-electron chi connectivity index (χ4n) is 3.19. The standard InChI is InChI=1S/C18H24N4O3/c1-3-25-16-13-14(5-6-15(16)24-2)21-17(23)18(7-10-19-11-8-18)22-12-4-9-20-22/h4-6,9,12-13,19H,3,7-8,10-11H2,1-2H3,(H,21,23). The fraction of sp³-hybridized carbons (Fsp3) is 0.444. The number of methoxy groups -OCH3 is 1. The summed E-state index contributed by atoms with van der Waals surface area (Å²) in [5.74, 6) is 1.19. The second kappa shape index (κ2) is 7.57. The van der Waals surface area contributed by atoms with Crippen LogP contribution in [0.5, 0.6) is 11.5 Å². The Morgan fingerprint density at radius 3 is 2.80 bits per heavy atom. The smallest absolute Gasteiger partial charge is 0.252 e. The molecule has 2 N–H and O–H groups in total. The minimum absolute atomic E-state index is 0.0645.